The van der Waals surface area contributed by atoms with Crippen molar-refractivity contribution in [3.8, 4) is 0 Å². The predicted molar refractivity (Wildman–Crippen MR) is 67.2 cm³/mol. The van der Waals surface area contributed by atoms with E-state index in [1.807, 2.05) is 6.92 Å². The highest BCUT2D eigenvalue weighted by molar-refractivity contribution is 7.90. The normalized spacial score (nSPS) is 12.8. The summed E-state index contributed by atoms with van der Waals surface area (Å²) in [5, 5.41) is 11.2. The number of carbonyl (C=O) groups is 2. The van der Waals surface area contributed by atoms with Crippen molar-refractivity contribution in [1.29, 1.82) is 0 Å². The lowest BCUT2D eigenvalue weighted by atomic mass is 10.2. The molecule has 0 aliphatic carbocycles. The van der Waals surface area contributed by atoms with Crippen molar-refractivity contribution in [3.63, 3.8) is 0 Å². The van der Waals surface area contributed by atoms with Gasteiger partial charge in [0.2, 0.25) is 0 Å². The fourth-order valence-electron chi connectivity index (χ4n) is 1.29. The topological polar surface area (TPSA) is 104 Å². The number of aliphatic carboxylic acids is 1. The van der Waals surface area contributed by atoms with Gasteiger partial charge in [-0.1, -0.05) is 6.92 Å². The smallest absolute Gasteiger partial charge is 0.326 e. The van der Waals surface area contributed by atoms with Gasteiger partial charge in [0.05, 0.1) is 5.75 Å². The number of sulfone groups is 1. The van der Waals surface area contributed by atoms with Crippen molar-refractivity contribution >= 4 is 21.8 Å². The highest BCUT2D eigenvalue weighted by atomic mass is 32.2. The molecule has 2 amide bonds. The van der Waals surface area contributed by atoms with Crippen LogP contribution in [0, 0.1) is 0 Å². The number of carboxylic acid groups (broad SMARTS) is 1. The summed E-state index contributed by atoms with van der Waals surface area (Å²) in [5.41, 5.74) is 0. The molecule has 18 heavy (non-hydrogen) atoms. The maximum Gasteiger partial charge on any atom is 0.326 e. The Balaban J connectivity index is 4.45. The first-order chi connectivity index (χ1) is 8.17. The molecule has 0 aliphatic heterocycles. The van der Waals surface area contributed by atoms with E-state index in [1.165, 1.54) is 4.90 Å². The Morgan fingerprint density at radius 3 is 2.33 bits per heavy atom. The second kappa shape index (κ2) is 7.20. The van der Waals surface area contributed by atoms with Gasteiger partial charge < -0.3 is 15.3 Å². The molecule has 0 spiro atoms. The molecule has 0 aromatic heterocycles. The zero-order valence-corrected chi connectivity index (χ0v) is 11.7. The van der Waals surface area contributed by atoms with E-state index in [-0.39, 0.29) is 12.2 Å². The van der Waals surface area contributed by atoms with Crippen molar-refractivity contribution in [2.45, 2.75) is 25.8 Å². The number of hydrogen-bond donors (Lipinski definition) is 2. The summed E-state index contributed by atoms with van der Waals surface area (Å²) in [7, 11) is -1.70. The van der Waals surface area contributed by atoms with Crippen molar-refractivity contribution in [2.75, 3.05) is 25.6 Å². The van der Waals surface area contributed by atoms with Gasteiger partial charge in [0.25, 0.3) is 0 Å². The summed E-state index contributed by atoms with van der Waals surface area (Å²) in [6, 6.07) is -1.70. The van der Waals surface area contributed by atoms with Gasteiger partial charge in [-0.25, -0.2) is 18.0 Å². The Kier molecular flexibility index (Phi) is 6.67. The highest BCUT2D eigenvalue weighted by Gasteiger charge is 2.22. The molecule has 0 aliphatic rings. The van der Waals surface area contributed by atoms with E-state index in [9.17, 15) is 18.0 Å². The number of carbonyl (C=O) groups excluding carboxylic acids is 1. The predicted octanol–water partition coefficient (Wildman–Crippen LogP) is -0.0743. The summed E-state index contributed by atoms with van der Waals surface area (Å²) >= 11 is 0. The van der Waals surface area contributed by atoms with Crippen LogP contribution in [-0.2, 0) is 14.6 Å². The zero-order valence-electron chi connectivity index (χ0n) is 10.8. The van der Waals surface area contributed by atoms with Crippen molar-refractivity contribution < 1.29 is 23.1 Å². The van der Waals surface area contributed by atoms with Crippen LogP contribution in [-0.4, -0.2) is 62.1 Å². The quantitative estimate of drug-likeness (QED) is 0.679. The standard InChI is InChI=1S/C10H20N2O5S/c1-4-6-12(2)10(15)11-8(9(13)14)5-7-18(3,16)17/h8H,4-7H2,1-3H3,(H,11,15)(H,13,14). The van der Waals surface area contributed by atoms with Gasteiger partial charge >= 0.3 is 12.0 Å². The highest BCUT2D eigenvalue weighted by Crippen LogP contribution is 1.99. The first-order valence-electron chi connectivity index (χ1n) is 5.59. The minimum absolute atomic E-state index is 0.139. The lowest BCUT2D eigenvalue weighted by molar-refractivity contribution is -0.139. The van der Waals surface area contributed by atoms with Crippen molar-refractivity contribution in [3.05, 3.63) is 0 Å². The number of nitrogens with one attached hydrogen (secondary N) is 1. The molecule has 106 valence electrons. The van der Waals surface area contributed by atoms with Crippen molar-refractivity contribution in [2.24, 2.45) is 0 Å². The zero-order chi connectivity index (χ0) is 14.3. The second-order valence-corrected chi connectivity index (χ2v) is 6.44. The first kappa shape index (κ1) is 16.7. The minimum Gasteiger partial charge on any atom is -0.480 e. The molecule has 1 unspecified atom stereocenters. The summed E-state index contributed by atoms with van der Waals surface area (Å²) in [6.45, 7) is 2.40. The molecule has 0 bridgehead atoms. The molecule has 2 N–H and O–H groups in total. The maximum atomic E-state index is 11.6. The Hall–Kier alpha value is -1.31. The van der Waals surface area contributed by atoms with Crippen LogP contribution < -0.4 is 5.32 Å². The van der Waals surface area contributed by atoms with Gasteiger partial charge in [0.15, 0.2) is 0 Å². The number of urea groups is 1. The number of rotatable bonds is 7. The van der Waals surface area contributed by atoms with Gasteiger partial charge in [-0.3, -0.25) is 0 Å². The van der Waals surface area contributed by atoms with Crippen LogP contribution in [0.1, 0.15) is 19.8 Å². The largest absolute Gasteiger partial charge is 0.480 e. The third kappa shape index (κ3) is 7.10. The van der Waals surface area contributed by atoms with E-state index in [2.05, 4.69) is 5.32 Å². The van der Waals surface area contributed by atoms with Crippen LogP contribution >= 0.6 is 0 Å². The Morgan fingerprint density at radius 2 is 1.94 bits per heavy atom. The fraction of sp³-hybridized carbons (Fsp3) is 0.800. The van der Waals surface area contributed by atoms with Crippen molar-refractivity contribution in [1.82, 2.24) is 10.2 Å². The van der Waals surface area contributed by atoms with Crippen LogP contribution in [0.3, 0.4) is 0 Å². The number of carboxylic acids is 1. The monoisotopic (exact) mass is 280 g/mol. The van der Waals surface area contributed by atoms with Gasteiger partial charge in [-0.15, -0.1) is 0 Å². The van der Waals surface area contributed by atoms with Gasteiger partial charge in [-0.2, -0.15) is 0 Å². The van der Waals surface area contributed by atoms with E-state index in [0.717, 1.165) is 12.7 Å². The molecule has 0 saturated heterocycles. The molecule has 0 heterocycles. The summed E-state index contributed by atoms with van der Waals surface area (Å²) in [5.74, 6) is -1.52. The Morgan fingerprint density at radius 1 is 1.39 bits per heavy atom. The molecule has 0 saturated carbocycles. The second-order valence-electron chi connectivity index (χ2n) is 4.18. The molecular formula is C10H20N2O5S. The molecule has 0 fully saturated rings. The molecule has 8 heteroatoms. The summed E-state index contributed by atoms with van der Waals surface area (Å²) < 4.78 is 21.9. The van der Waals surface area contributed by atoms with Gasteiger partial charge in [-0.05, 0) is 12.8 Å². The molecule has 0 rings (SSSR count). The van der Waals surface area contributed by atoms with Crippen LogP contribution in [0.2, 0.25) is 0 Å². The average molecular weight is 280 g/mol. The van der Waals surface area contributed by atoms with Crippen LogP contribution in [0.15, 0.2) is 0 Å². The van der Waals surface area contributed by atoms with E-state index in [4.69, 9.17) is 5.11 Å². The molecule has 0 radical (unpaired) electrons. The minimum atomic E-state index is -3.25. The van der Waals surface area contributed by atoms with E-state index in [1.54, 1.807) is 7.05 Å². The lowest BCUT2D eigenvalue weighted by Gasteiger charge is -2.20. The molecule has 0 aromatic rings. The van der Waals surface area contributed by atoms with Crippen LogP contribution in [0.5, 0.6) is 0 Å². The SMILES string of the molecule is CCCN(C)C(=O)NC(CCS(C)(=O)=O)C(=O)O. The average Bonchev–Trinajstić information content (AvgIpc) is 2.22. The maximum absolute atomic E-state index is 11.6. The van der Waals surface area contributed by atoms with Crippen LogP contribution in [0.4, 0.5) is 4.79 Å². The Labute approximate surface area is 107 Å². The van der Waals surface area contributed by atoms with E-state index >= 15 is 0 Å². The summed E-state index contributed by atoms with van der Waals surface area (Å²) in [4.78, 5) is 23.8. The number of amides is 2. The van der Waals surface area contributed by atoms with Crippen LogP contribution in [0.25, 0.3) is 0 Å². The summed E-state index contributed by atoms with van der Waals surface area (Å²) in [6.07, 6.45) is 1.64. The van der Waals surface area contributed by atoms with Gasteiger partial charge in [0, 0.05) is 19.8 Å². The third-order valence-corrected chi connectivity index (χ3v) is 3.26. The van der Waals surface area contributed by atoms with Gasteiger partial charge in [0.1, 0.15) is 15.9 Å². The number of hydrogen-bond acceptors (Lipinski definition) is 4. The third-order valence-electron chi connectivity index (χ3n) is 2.28. The molecule has 1 atom stereocenters. The first-order valence-corrected chi connectivity index (χ1v) is 7.65. The molecule has 0 aromatic carbocycles. The fourth-order valence-corrected chi connectivity index (χ4v) is 1.95. The van der Waals surface area contributed by atoms with E-state index in [0.29, 0.717) is 6.54 Å². The molecular weight excluding hydrogens is 260 g/mol. The molecule has 7 nitrogen and oxygen atoms in total. The lowest BCUT2D eigenvalue weighted by Crippen LogP contribution is -2.47. The Bertz CT molecular complexity index is 393. The number of nitrogens with zero attached hydrogens (tertiary/aromatic N) is 1. The van der Waals surface area contributed by atoms with E-state index < -0.39 is 27.9 Å².